The normalized spacial score (nSPS) is 13.4. The van der Waals surface area contributed by atoms with Crippen LogP contribution in [0.1, 0.15) is 22.2 Å². The fraction of sp³-hybridized carbons (Fsp3) is 0.250. The molecule has 8 heteroatoms. The molecule has 126 valence electrons. The molecule has 0 fully saturated rings. The van der Waals surface area contributed by atoms with Crippen LogP contribution in [0.2, 0.25) is 5.02 Å². The monoisotopic (exact) mass is 367 g/mol. The van der Waals surface area contributed by atoms with Crippen molar-refractivity contribution in [2.45, 2.75) is 19.6 Å². The molecule has 1 atom stereocenters. The van der Waals surface area contributed by atoms with Crippen molar-refractivity contribution < 1.29 is 23.8 Å². The summed E-state index contributed by atoms with van der Waals surface area (Å²) in [5.41, 5.74) is 0.196. The molecule has 24 heavy (non-hydrogen) atoms. The van der Waals surface area contributed by atoms with Crippen molar-refractivity contribution in [3.05, 3.63) is 45.1 Å². The highest BCUT2D eigenvalue weighted by atomic mass is 35.5. The molecule has 0 spiro atoms. The Bertz CT molecular complexity index is 762. The smallest absolute Gasteiger partial charge is 0.339 e. The highest BCUT2D eigenvalue weighted by Crippen LogP contribution is 2.39. The number of esters is 1. The number of halogens is 1. The van der Waals surface area contributed by atoms with E-state index in [0.717, 1.165) is 4.88 Å². The minimum Gasteiger partial charge on any atom is -0.454 e. The molecule has 2 aromatic rings. The first-order valence-corrected chi connectivity index (χ1v) is 8.40. The van der Waals surface area contributed by atoms with Crippen molar-refractivity contribution >= 4 is 34.8 Å². The first-order chi connectivity index (χ1) is 11.5. The summed E-state index contributed by atoms with van der Waals surface area (Å²) in [7, 11) is 0. The molecule has 0 saturated heterocycles. The molecular formula is C16H14ClNO5S. The predicted octanol–water partition coefficient (Wildman–Crippen LogP) is 2.99. The van der Waals surface area contributed by atoms with Crippen LogP contribution >= 0.6 is 22.9 Å². The van der Waals surface area contributed by atoms with E-state index in [-0.39, 0.29) is 23.3 Å². The number of hydrogen-bond acceptors (Lipinski definition) is 6. The summed E-state index contributed by atoms with van der Waals surface area (Å²) in [4.78, 5) is 25.2. The lowest BCUT2D eigenvalue weighted by atomic mass is 10.2. The van der Waals surface area contributed by atoms with Crippen LogP contribution in [0, 0.1) is 0 Å². The number of hydrogen-bond donors (Lipinski definition) is 1. The summed E-state index contributed by atoms with van der Waals surface area (Å²) < 4.78 is 15.6. The van der Waals surface area contributed by atoms with E-state index in [0.29, 0.717) is 18.0 Å². The Morgan fingerprint density at radius 2 is 2.25 bits per heavy atom. The summed E-state index contributed by atoms with van der Waals surface area (Å²) in [6.07, 6.45) is -0.929. The lowest BCUT2D eigenvalue weighted by molar-refractivity contribution is -0.129. The van der Waals surface area contributed by atoms with Crippen LogP contribution in [0.4, 0.5) is 0 Å². The number of fused-ring (bicyclic) bond motifs is 1. The number of ether oxygens (including phenoxy) is 3. The number of carbonyl (C=O) groups is 2. The third-order valence-electron chi connectivity index (χ3n) is 3.33. The van der Waals surface area contributed by atoms with Gasteiger partial charge in [0.1, 0.15) is 0 Å². The van der Waals surface area contributed by atoms with E-state index in [1.54, 1.807) is 0 Å². The molecule has 3 rings (SSSR count). The Kier molecular flexibility index (Phi) is 4.92. The minimum absolute atomic E-state index is 0.0507. The van der Waals surface area contributed by atoms with Gasteiger partial charge in [0.05, 0.1) is 17.1 Å². The van der Waals surface area contributed by atoms with E-state index in [1.165, 1.54) is 30.4 Å². The van der Waals surface area contributed by atoms with Gasteiger partial charge >= 0.3 is 5.97 Å². The van der Waals surface area contributed by atoms with E-state index in [2.05, 4.69) is 5.32 Å². The second kappa shape index (κ2) is 7.11. The molecule has 1 aliphatic rings. The molecule has 1 aromatic heterocycles. The Morgan fingerprint density at radius 1 is 1.42 bits per heavy atom. The molecule has 0 radical (unpaired) electrons. The molecule has 0 bridgehead atoms. The van der Waals surface area contributed by atoms with E-state index in [1.807, 2.05) is 17.5 Å². The maximum Gasteiger partial charge on any atom is 0.339 e. The number of carbonyl (C=O) groups excluding carboxylic acids is 2. The van der Waals surface area contributed by atoms with Crippen molar-refractivity contribution in [2.75, 3.05) is 6.79 Å². The maximum absolute atomic E-state index is 12.2. The van der Waals surface area contributed by atoms with Gasteiger partial charge in [-0.15, -0.1) is 11.3 Å². The third-order valence-corrected chi connectivity index (χ3v) is 4.49. The van der Waals surface area contributed by atoms with Gasteiger partial charge in [-0.25, -0.2) is 4.79 Å². The van der Waals surface area contributed by atoms with Crippen molar-refractivity contribution in [3.8, 4) is 11.5 Å². The van der Waals surface area contributed by atoms with Gasteiger partial charge in [-0.2, -0.15) is 0 Å². The highest BCUT2D eigenvalue weighted by Gasteiger charge is 2.24. The lowest BCUT2D eigenvalue weighted by Crippen LogP contribution is -2.35. The molecule has 1 aromatic carbocycles. The average molecular weight is 368 g/mol. The van der Waals surface area contributed by atoms with Gasteiger partial charge < -0.3 is 19.5 Å². The zero-order valence-electron chi connectivity index (χ0n) is 12.7. The predicted molar refractivity (Wildman–Crippen MR) is 88.6 cm³/mol. The molecule has 2 heterocycles. The molecule has 0 aliphatic carbocycles. The van der Waals surface area contributed by atoms with Crippen LogP contribution in [0.25, 0.3) is 0 Å². The van der Waals surface area contributed by atoms with Crippen molar-refractivity contribution in [1.82, 2.24) is 5.32 Å². The summed E-state index contributed by atoms with van der Waals surface area (Å²) in [5, 5.41) is 4.90. The van der Waals surface area contributed by atoms with E-state index >= 15 is 0 Å². The molecule has 6 nitrogen and oxygen atoms in total. The van der Waals surface area contributed by atoms with Crippen LogP contribution in [-0.2, 0) is 16.1 Å². The Balaban J connectivity index is 1.59. The first kappa shape index (κ1) is 16.6. The zero-order valence-corrected chi connectivity index (χ0v) is 14.3. The Morgan fingerprint density at radius 3 is 3.00 bits per heavy atom. The number of benzene rings is 1. The van der Waals surface area contributed by atoms with Gasteiger partial charge in [-0.3, -0.25) is 4.79 Å². The van der Waals surface area contributed by atoms with Crippen LogP contribution < -0.4 is 14.8 Å². The van der Waals surface area contributed by atoms with Crippen molar-refractivity contribution in [1.29, 1.82) is 0 Å². The van der Waals surface area contributed by atoms with Gasteiger partial charge in [0.15, 0.2) is 17.6 Å². The van der Waals surface area contributed by atoms with Gasteiger partial charge in [-0.05, 0) is 30.5 Å². The number of nitrogens with one attached hydrogen (secondary N) is 1. The molecule has 0 saturated carbocycles. The molecule has 0 unspecified atom stereocenters. The van der Waals surface area contributed by atoms with Crippen molar-refractivity contribution in [3.63, 3.8) is 0 Å². The van der Waals surface area contributed by atoms with Crippen LogP contribution in [0.5, 0.6) is 11.5 Å². The maximum atomic E-state index is 12.2. The van der Waals surface area contributed by atoms with Crippen molar-refractivity contribution in [2.24, 2.45) is 0 Å². The highest BCUT2D eigenvalue weighted by molar-refractivity contribution is 7.09. The van der Waals surface area contributed by atoms with Crippen LogP contribution in [-0.4, -0.2) is 24.8 Å². The Labute approximate surface area is 147 Å². The van der Waals surface area contributed by atoms with Gasteiger partial charge in [0.25, 0.3) is 5.91 Å². The summed E-state index contributed by atoms with van der Waals surface area (Å²) in [6, 6.07) is 6.72. The topological polar surface area (TPSA) is 73.9 Å². The fourth-order valence-corrected chi connectivity index (χ4v) is 3.01. The largest absolute Gasteiger partial charge is 0.454 e. The van der Waals surface area contributed by atoms with Gasteiger partial charge in [-0.1, -0.05) is 17.7 Å². The first-order valence-electron chi connectivity index (χ1n) is 7.15. The Hall–Kier alpha value is -2.25. The number of rotatable bonds is 5. The SMILES string of the molecule is C[C@@H](OC(=O)c1cc(Cl)c2c(c1)OCO2)C(=O)NCc1cccs1. The molecule has 1 aliphatic heterocycles. The molecule has 1 N–H and O–H groups in total. The minimum atomic E-state index is -0.929. The van der Waals surface area contributed by atoms with E-state index in [9.17, 15) is 9.59 Å². The summed E-state index contributed by atoms with van der Waals surface area (Å²) in [6.45, 7) is 1.96. The van der Waals surface area contributed by atoms with Gasteiger partial charge in [0, 0.05) is 4.88 Å². The lowest BCUT2D eigenvalue weighted by Gasteiger charge is -2.13. The molecular weight excluding hydrogens is 354 g/mol. The summed E-state index contributed by atoms with van der Waals surface area (Å²) in [5.74, 6) is -0.253. The fourth-order valence-electron chi connectivity index (χ4n) is 2.10. The number of amides is 1. The van der Waals surface area contributed by atoms with Crippen LogP contribution in [0.3, 0.4) is 0 Å². The zero-order chi connectivity index (χ0) is 17.1. The van der Waals surface area contributed by atoms with E-state index in [4.69, 9.17) is 25.8 Å². The molecule has 1 amide bonds. The van der Waals surface area contributed by atoms with Gasteiger partial charge in [0.2, 0.25) is 6.79 Å². The van der Waals surface area contributed by atoms with E-state index < -0.39 is 12.1 Å². The van der Waals surface area contributed by atoms with Crippen LogP contribution in [0.15, 0.2) is 29.6 Å². The quantitative estimate of drug-likeness (QED) is 0.822. The third kappa shape index (κ3) is 3.63. The summed E-state index contributed by atoms with van der Waals surface area (Å²) >= 11 is 7.57. The average Bonchev–Trinajstić information content (AvgIpc) is 3.23. The standard InChI is InChI=1S/C16H14ClNO5S/c1-9(15(19)18-7-11-3-2-4-24-11)23-16(20)10-5-12(17)14-13(6-10)21-8-22-14/h2-6,9H,7-8H2,1H3,(H,18,19)/t9-/m1/s1. The number of thiophene rings is 1. The second-order valence-corrected chi connectivity index (χ2v) is 6.48. The second-order valence-electron chi connectivity index (χ2n) is 5.04.